The van der Waals surface area contributed by atoms with Gasteiger partial charge < -0.3 is 5.73 Å². The van der Waals surface area contributed by atoms with Crippen molar-refractivity contribution < 1.29 is 4.92 Å². The quantitative estimate of drug-likeness (QED) is 0.378. The molecule has 0 unspecified atom stereocenters. The summed E-state index contributed by atoms with van der Waals surface area (Å²) in [5.41, 5.74) is 8.15. The average Bonchev–Trinajstić information content (AvgIpc) is 2.37. The van der Waals surface area contributed by atoms with E-state index >= 15 is 0 Å². The Labute approximate surface area is 113 Å². The van der Waals surface area contributed by atoms with Crippen molar-refractivity contribution in [3.63, 3.8) is 0 Å². The average molecular weight is 275 g/mol. The van der Waals surface area contributed by atoms with E-state index in [-0.39, 0.29) is 10.8 Å². The minimum Gasteiger partial charge on any atom is -0.375 e. The van der Waals surface area contributed by atoms with Crippen LogP contribution in [0.5, 0.6) is 0 Å². The number of nitro benzene ring substituents is 1. The second-order valence-electron chi connectivity index (χ2n) is 3.56. The standard InChI is InChI=1S/C11H9N5O2S/c12-11(19)15-14-6-9-7-2-1-3-10(16(17)18)8(7)4-5-13-9/h1-6H,(H3,12,15,19). The predicted octanol–water partition coefficient (Wildman–Crippen LogP) is 1.31. The smallest absolute Gasteiger partial charge is 0.277 e. The summed E-state index contributed by atoms with van der Waals surface area (Å²) in [6, 6.07) is 6.36. The fraction of sp³-hybridized carbons (Fsp3) is 0. The van der Waals surface area contributed by atoms with Crippen molar-refractivity contribution in [3.05, 3.63) is 46.3 Å². The number of nitro groups is 1. The van der Waals surface area contributed by atoms with Crippen molar-refractivity contribution in [2.24, 2.45) is 10.8 Å². The van der Waals surface area contributed by atoms with Crippen molar-refractivity contribution in [1.82, 2.24) is 10.4 Å². The molecule has 0 aliphatic heterocycles. The molecule has 19 heavy (non-hydrogen) atoms. The van der Waals surface area contributed by atoms with Crippen LogP contribution in [0.1, 0.15) is 5.69 Å². The number of non-ortho nitro benzene ring substituents is 1. The fourth-order valence-electron chi connectivity index (χ4n) is 1.63. The van der Waals surface area contributed by atoms with Gasteiger partial charge in [-0.25, -0.2) is 0 Å². The summed E-state index contributed by atoms with van der Waals surface area (Å²) in [5.74, 6) is 0. The first-order chi connectivity index (χ1) is 9.09. The summed E-state index contributed by atoms with van der Waals surface area (Å²) in [7, 11) is 0. The summed E-state index contributed by atoms with van der Waals surface area (Å²) in [4.78, 5) is 14.6. The number of thiocarbonyl (C=S) groups is 1. The monoisotopic (exact) mass is 275 g/mol. The first-order valence-electron chi connectivity index (χ1n) is 5.20. The van der Waals surface area contributed by atoms with Crippen molar-refractivity contribution in [1.29, 1.82) is 0 Å². The molecule has 0 bridgehead atoms. The molecule has 0 saturated carbocycles. The van der Waals surface area contributed by atoms with Gasteiger partial charge >= 0.3 is 0 Å². The number of hydrogen-bond donors (Lipinski definition) is 2. The topological polar surface area (TPSA) is 106 Å². The number of nitrogens with one attached hydrogen (secondary N) is 1. The molecule has 0 fully saturated rings. The Hall–Kier alpha value is -2.61. The molecule has 0 aliphatic rings. The van der Waals surface area contributed by atoms with E-state index in [1.54, 1.807) is 18.2 Å². The Kier molecular flexibility index (Phi) is 3.62. The molecular weight excluding hydrogens is 266 g/mol. The second-order valence-corrected chi connectivity index (χ2v) is 4.00. The SMILES string of the molecule is NC(=S)NN=Cc1nccc2c([N+](=O)[O-])cccc12. The molecule has 0 atom stereocenters. The van der Waals surface area contributed by atoms with Crippen LogP contribution in [0, 0.1) is 10.1 Å². The highest BCUT2D eigenvalue weighted by Gasteiger charge is 2.12. The van der Waals surface area contributed by atoms with Crippen LogP contribution in [0.25, 0.3) is 10.8 Å². The normalized spacial score (nSPS) is 10.7. The summed E-state index contributed by atoms with van der Waals surface area (Å²) < 4.78 is 0. The van der Waals surface area contributed by atoms with E-state index in [4.69, 9.17) is 5.73 Å². The van der Waals surface area contributed by atoms with Crippen LogP contribution in [0.3, 0.4) is 0 Å². The molecule has 7 nitrogen and oxygen atoms in total. The molecule has 8 heteroatoms. The first kappa shape index (κ1) is 12.8. The minimum absolute atomic E-state index is 0.0249. The summed E-state index contributed by atoms with van der Waals surface area (Å²) in [6.07, 6.45) is 2.89. The zero-order valence-corrected chi connectivity index (χ0v) is 10.4. The largest absolute Gasteiger partial charge is 0.375 e. The maximum Gasteiger partial charge on any atom is 0.277 e. The molecule has 0 spiro atoms. The van der Waals surface area contributed by atoms with Gasteiger partial charge in [0.05, 0.1) is 22.2 Å². The number of pyridine rings is 1. The molecule has 1 heterocycles. The number of aromatic nitrogens is 1. The Balaban J connectivity index is 2.52. The van der Waals surface area contributed by atoms with E-state index in [9.17, 15) is 10.1 Å². The van der Waals surface area contributed by atoms with Gasteiger partial charge in [0, 0.05) is 17.6 Å². The molecule has 3 N–H and O–H groups in total. The third-order valence-electron chi connectivity index (χ3n) is 2.37. The fourth-order valence-corrected chi connectivity index (χ4v) is 1.69. The lowest BCUT2D eigenvalue weighted by Crippen LogP contribution is -2.24. The molecule has 0 saturated heterocycles. The number of fused-ring (bicyclic) bond motifs is 1. The van der Waals surface area contributed by atoms with Crippen LogP contribution < -0.4 is 11.2 Å². The van der Waals surface area contributed by atoms with Crippen LogP contribution in [0.15, 0.2) is 35.6 Å². The van der Waals surface area contributed by atoms with Gasteiger partial charge in [0.1, 0.15) is 0 Å². The van der Waals surface area contributed by atoms with Crippen LogP contribution in [0.2, 0.25) is 0 Å². The number of hydrogen-bond acceptors (Lipinski definition) is 5. The molecule has 0 amide bonds. The third-order valence-corrected chi connectivity index (χ3v) is 2.46. The molecule has 96 valence electrons. The zero-order valence-electron chi connectivity index (χ0n) is 9.61. The van der Waals surface area contributed by atoms with E-state index in [0.29, 0.717) is 16.5 Å². The number of hydrazone groups is 1. The van der Waals surface area contributed by atoms with Crippen LogP contribution in [-0.2, 0) is 0 Å². The van der Waals surface area contributed by atoms with Gasteiger partial charge in [-0.3, -0.25) is 20.5 Å². The van der Waals surface area contributed by atoms with Gasteiger partial charge in [0.2, 0.25) is 0 Å². The lowest BCUT2D eigenvalue weighted by atomic mass is 10.1. The summed E-state index contributed by atoms with van der Waals surface area (Å²) >= 11 is 4.60. The second kappa shape index (κ2) is 5.36. The lowest BCUT2D eigenvalue weighted by molar-refractivity contribution is -0.383. The van der Waals surface area contributed by atoms with E-state index in [1.165, 1.54) is 18.5 Å². The first-order valence-corrected chi connectivity index (χ1v) is 5.61. The maximum atomic E-state index is 10.9. The molecule has 0 radical (unpaired) electrons. The highest BCUT2D eigenvalue weighted by atomic mass is 32.1. The molecule has 1 aromatic heterocycles. The van der Waals surface area contributed by atoms with Gasteiger partial charge in [-0.1, -0.05) is 12.1 Å². The van der Waals surface area contributed by atoms with E-state index in [1.807, 2.05) is 0 Å². The van der Waals surface area contributed by atoms with Crippen molar-refractivity contribution in [2.45, 2.75) is 0 Å². The van der Waals surface area contributed by atoms with E-state index in [0.717, 1.165) is 0 Å². The summed E-state index contributed by atoms with van der Waals surface area (Å²) in [5, 5.41) is 15.9. The molecule has 2 rings (SSSR count). The predicted molar refractivity (Wildman–Crippen MR) is 75.9 cm³/mol. The molecule has 1 aromatic carbocycles. The Morgan fingerprint density at radius 1 is 1.47 bits per heavy atom. The maximum absolute atomic E-state index is 10.9. The number of nitrogens with zero attached hydrogens (tertiary/aromatic N) is 3. The number of rotatable bonds is 3. The van der Waals surface area contributed by atoms with Crippen LogP contribution in [-0.4, -0.2) is 21.2 Å². The van der Waals surface area contributed by atoms with Gasteiger partial charge in [-0.15, -0.1) is 0 Å². The lowest BCUT2D eigenvalue weighted by Gasteiger charge is -2.02. The highest BCUT2D eigenvalue weighted by Crippen LogP contribution is 2.25. The van der Waals surface area contributed by atoms with Gasteiger partial charge in [0.15, 0.2) is 5.11 Å². The van der Waals surface area contributed by atoms with Gasteiger partial charge in [-0.2, -0.15) is 5.10 Å². The van der Waals surface area contributed by atoms with Crippen molar-refractivity contribution in [2.75, 3.05) is 0 Å². The Bertz CT molecular complexity index is 686. The Morgan fingerprint density at radius 2 is 2.26 bits per heavy atom. The molecule has 0 aliphatic carbocycles. The minimum atomic E-state index is -0.434. The number of benzene rings is 1. The Morgan fingerprint density at radius 3 is 2.95 bits per heavy atom. The molecular formula is C11H9N5O2S. The van der Waals surface area contributed by atoms with Gasteiger partial charge in [-0.05, 0) is 18.3 Å². The summed E-state index contributed by atoms with van der Waals surface area (Å²) in [6.45, 7) is 0. The van der Waals surface area contributed by atoms with Crippen LogP contribution in [0.4, 0.5) is 5.69 Å². The number of nitrogens with two attached hydrogens (primary N) is 1. The van der Waals surface area contributed by atoms with Crippen molar-refractivity contribution in [3.8, 4) is 0 Å². The highest BCUT2D eigenvalue weighted by molar-refractivity contribution is 7.80. The van der Waals surface area contributed by atoms with Crippen molar-refractivity contribution >= 4 is 40.0 Å². The molecule has 2 aromatic rings. The van der Waals surface area contributed by atoms with Gasteiger partial charge in [0.25, 0.3) is 5.69 Å². The zero-order chi connectivity index (χ0) is 13.8. The third kappa shape index (κ3) is 2.80. The van der Waals surface area contributed by atoms with Crippen LogP contribution >= 0.6 is 12.2 Å². The van der Waals surface area contributed by atoms with E-state index < -0.39 is 4.92 Å². The van der Waals surface area contributed by atoms with E-state index in [2.05, 4.69) is 27.7 Å².